The molecule has 1 amide bonds. The number of halogens is 1. The second kappa shape index (κ2) is 10.9. The van der Waals surface area contributed by atoms with Gasteiger partial charge in [-0.05, 0) is 104 Å². The zero-order valence-corrected chi connectivity index (χ0v) is 22.0. The van der Waals surface area contributed by atoms with Crippen LogP contribution < -0.4 is 9.46 Å². The Morgan fingerprint density at radius 3 is 2.75 bits per heavy atom. The van der Waals surface area contributed by atoms with Gasteiger partial charge in [-0.15, -0.1) is 0 Å². The molecule has 1 heterocycles. The van der Waals surface area contributed by atoms with Crippen LogP contribution in [0.15, 0.2) is 70.0 Å². The fraction of sp³-hybridized carbons (Fsp3) is 0.233. The molecule has 5 rings (SSSR count). The van der Waals surface area contributed by atoms with E-state index in [-0.39, 0.29) is 5.91 Å². The highest BCUT2D eigenvalue weighted by Crippen LogP contribution is 2.30. The number of allylic oxidation sites excluding steroid dienone is 1. The van der Waals surface area contributed by atoms with Gasteiger partial charge in [-0.3, -0.25) is 9.52 Å². The molecule has 0 aliphatic heterocycles. The average Bonchev–Trinajstić information content (AvgIpc) is 3.27. The van der Waals surface area contributed by atoms with Crippen molar-refractivity contribution in [3.63, 3.8) is 0 Å². The van der Waals surface area contributed by atoms with Crippen molar-refractivity contribution in [2.45, 2.75) is 44.4 Å². The Balaban J connectivity index is 1.27. The highest BCUT2D eigenvalue weighted by Gasteiger charge is 2.20. The van der Waals surface area contributed by atoms with E-state index in [1.54, 1.807) is 0 Å². The minimum Gasteiger partial charge on any atom is -0.494 e. The van der Waals surface area contributed by atoms with Crippen LogP contribution in [0.2, 0.25) is 5.02 Å². The lowest BCUT2D eigenvalue weighted by Gasteiger charge is -2.12. The number of hydrogen-bond acceptors (Lipinski definition) is 4. The monoisotopic (exact) mass is 517 g/mol. The molecule has 0 unspecified atom stereocenters. The van der Waals surface area contributed by atoms with Crippen LogP contribution in [0.5, 0.6) is 5.75 Å². The second-order valence-electron chi connectivity index (χ2n) is 9.06. The third kappa shape index (κ3) is 5.32. The van der Waals surface area contributed by atoms with E-state index in [4.69, 9.17) is 20.8 Å². The molecule has 0 saturated heterocycles. The van der Waals surface area contributed by atoms with Gasteiger partial charge in [0.25, 0.3) is 5.91 Å². The Kier molecular flexibility index (Phi) is 7.40. The molecule has 36 heavy (non-hydrogen) atoms. The molecule has 1 N–H and O–H groups in total. The molecule has 0 fully saturated rings. The highest BCUT2D eigenvalue weighted by molar-refractivity contribution is 7.98. The Labute approximate surface area is 220 Å². The van der Waals surface area contributed by atoms with E-state index in [2.05, 4.69) is 35.1 Å². The van der Waals surface area contributed by atoms with Crippen LogP contribution in [-0.2, 0) is 12.8 Å². The number of para-hydroxylation sites is 1. The second-order valence-corrected chi connectivity index (χ2v) is 10.3. The van der Waals surface area contributed by atoms with Crippen molar-refractivity contribution in [3.05, 3.63) is 99.3 Å². The lowest BCUT2D eigenvalue weighted by Crippen LogP contribution is -2.17. The molecule has 4 aromatic rings. The fourth-order valence-corrected chi connectivity index (χ4v) is 5.31. The van der Waals surface area contributed by atoms with Gasteiger partial charge < -0.3 is 9.15 Å². The zero-order chi connectivity index (χ0) is 25.1. The fourth-order valence-electron chi connectivity index (χ4n) is 4.58. The maximum absolute atomic E-state index is 13.2. The predicted molar refractivity (Wildman–Crippen MR) is 148 cm³/mol. The molecule has 6 heteroatoms. The van der Waals surface area contributed by atoms with E-state index < -0.39 is 0 Å². The van der Waals surface area contributed by atoms with Gasteiger partial charge in [-0.2, -0.15) is 0 Å². The smallest absolute Gasteiger partial charge is 0.297 e. The van der Waals surface area contributed by atoms with Gasteiger partial charge in [0.05, 0.1) is 6.61 Å². The number of amides is 1. The number of aryl methyl sites for hydroxylation is 4. The molecule has 0 radical (unpaired) electrons. The summed E-state index contributed by atoms with van der Waals surface area (Å²) in [7, 11) is 0. The molecule has 0 saturated carbocycles. The lowest BCUT2D eigenvalue weighted by molar-refractivity contribution is 0.0958. The van der Waals surface area contributed by atoms with E-state index in [1.807, 2.05) is 50.2 Å². The summed E-state index contributed by atoms with van der Waals surface area (Å²) < 4.78 is 15.0. The van der Waals surface area contributed by atoms with Crippen molar-refractivity contribution < 1.29 is 13.9 Å². The number of benzene rings is 3. The van der Waals surface area contributed by atoms with Crippen LogP contribution in [-0.4, -0.2) is 12.5 Å². The van der Waals surface area contributed by atoms with E-state index in [1.165, 1.54) is 23.1 Å². The van der Waals surface area contributed by atoms with Gasteiger partial charge in [0.1, 0.15) is 11.3 Å². The van der Waals surface area contributed by atoms with Crippen LogP contribution >= 0.6 is 23.5 Å². The summed E-state index contributed by atoms with van der Waals surface area (Å²) in [6.45, 7) is 4.48. The normalized spacial score (nSPS) is 12.5. The van der Waals surface area contributed by atoms with Crippen LogP contribution in [0.4, 0.5) is 0 Å². The van der Waals surface area contributed by atoms with E-state index in [0.717, 1.165) is 57.0 Å². The van der Waals surface area contributed by atoms with E-state index in [9.17, 15) is 4.79 Å². The standard InChI is InChI=1S/C30H28ClNO3S/c1-19-16-23(17-20(2)28(19)31)34-15-7-11-26-25-10-5-6-12-27(25)35-29(26)30(33)32-36-24-14-13-21-8-3-4-9-22(21)18-24/h4-6,9-10,12-14,16-18H,3,7-8,11,15H2,1-2H3,(H,32,33). The van der Waals surface area contributed by atoms with Crippen molar-refractivity contribution in [3.8, 4) is 5.75 Å². The number of hydrogen-bond donors (Lipinski definition) is 1. The first kappa shape index (κ1) is 24.5. The third-order valence-electron chi connectivity index (χ3n) is 6.41. The molecule has 3 aromatic carbocycles. The minimum atomic E-state index is -0.232. The molecule has 1 aliphatic carbocycles. The maximum atomic E-state index is 13.2. The summed E-state index contributed by atoms with van der Waals surface area (Å²) >= 11 is 7.58. The molecular formula is C30H28ClNO3S. The summed E-state index contributed by atoms with van der Waals surface area (Å²) in [5.74, 6) is 0.935. The van der Waals surface area contributed by atoms with Crippen molar-refractivity contribution in [2.24, 2.45) is 0 Å². The number of fused-ring (bicyclic) bond motifs is 2. The third-order valence-corrected chi connectivity index (χ3v) is 7.78. The van der Waals surface area contributed by atoms with Gasteiger partial charge in [0.2, 0.25) is 0 Å². The van der Waals surface area contributed by atoms with E-state index in [0.29, 0.717) is 24.4 Å². The van der Waals surface area contributed by atoms with Crippen molar-refractivity contribution in [1.82, 2.24) is 4.72 Å². The largest absolute Gasteiger partial charge is 0.494 e. The number of nitrogens with one attached hydrogen (secondary N) is 1. The molecule has 4 nitrogen and oxygen atoms in total. The summed E-state index contributed by atoms with van der Waals surface area (Å²) in [4.78, 5) is 14.2. The van der Waals surface area contributed by atoms with Gasteiger partial charge in [-0.1, -0.05) is 48.0 Å². The molecule has 1 aliphatic rings. The number of rotatable bonds is 8. The van der Waals surface area contributed by atoms with Crippen LogP contribution in [0.3, 0.4) is 0 Å². The van der Waals surface area contributed by atoms with Crippen molar-refractivity contribution >= 4 is 46.5 Å². The van der Waals surface area contributed by atoms with Crippen LogP contribution in [0.25, 0.3) is 17.0 Å². The van der Waals surface area contributed by atoms with Crippen LogP contribution in [0, 0.1) is 13.8 Å². The SMILES string of the molecule is Cc1cc(OCCCc2c(C(=O)NSc3ccc4c(c3)C=CCC4)oc3ccccc23)cc(C)c1Cl. The predicted octanol–water partition coefficient (Wildman–Crippen LogP) is 8.11. The first-order chi connectivity index (χ1) is 17.5. The van der Waals surface area contributed by atoms with E-state index >= 15 is 0 Å². The Morgan fingerprint density at radius 2 is 1.92 bits per heavy atom. The summed E-state index contributed by atoms with van der Waals surface area (Å²) in [6, 6.07) is 18.0. The molecule has 184 valence electrons. The average molecular weight is 518 g/mol. The Bertz CT molecular complexity index is 1430. The Morgan fingerprint density at radius 1 is 1.11 bits per heavy atom. The first-order valence-electron chi connectivity index (χ1n) is 12.2. The lowest BCUT2D eigenvalue weighted by atomic mass is 9.98. The Hall–Kier alpha value is -3.15. The van der Waals surface area contributed by atoms with Gasteiger partial charge in [-0.25, -0.2) is 0 Å². The molecular weight excluding hydrogens is 490 g/mol. The molecule has 0 atom stereocenters. The molecule has 0 bridgehead atoms. The maximum Gasteiger partial charge on any atom is 0.297 e. The quantitative estimate of drug-likeness (QED) is 0.189. The van der Waals surface area contributed by atoms with Crippen LogP contribution in [0.1, 0.15) is 51.2 Å². The van der Waals surface area contributed by atoms with Gasteiger partial charge in [0.15, 0.2) is 5.76 Å². The first-order valence-corrected chi connectivity index (χ1v) is 13.4. The van der Waals surface area contributed by atoms with Crippen molar-refractivity contribution in [2.75, 3.05) is 6.61 Å². The summed E-state index contributed by atoms with van der Waals surface area (Å²) in [6.07, 6.45) is 7.89. The number of ether oxygens (including phenoxy) is 1. The van der Waals surface area contributed by atoms with Gasteiger partial charge >= 0.3 is 0 Å². The zero-order valence-electron chi connectivity index (χ0n) is 20.4. The molecule has 1 aromatic heterocycles. The topological polar surface area (TPSA) is 51.5 Å². The minimum absolute atomic E-state index is 0.232. The molecule has 0 spiro atoms. The van der Waals surface area contributed by atoms with Crippen molar-refractivity contribution in [1.29, 1.82) is 0 Å². The summed E-state index contributed by atoms with van der Waals surface area (Å²) in [5.41, 5.74) is 6.18. The number of carbonyl (C=O) groups excluding carboxylic acids is 1. The highest BCUT2D eigenvalue weighted by atomic mass is 35.5. The summed E-state index contributed by atoms with van der Waals surface area (Å²) in [5, 5.41) is 1.73. The number of carbonyl (C=O) groups is 1. The number of furan rings is 1. The van der Waals surface area contributed by atoms with Gasteiger partial charge in [0, 0.05) is 20.9 Å².